The molecule has 0 aliphatic carbocycles. The lowest BCUT2D eigenvalue weighted by molar-refractivity contribution is 0.229. The van der Waals surface area contributed by atoms with E-state index in [4.69, 9.17) is 4.74 Å². The molecule has 0 spiro atoms. The van der Waals surface area contributed by atoms with E-state index in [0.717, 1.165) is 36.2 Å². The van der Waals surface area contributed by atoms with Gasteiger partial charge in [0.2, 0.25) is 0 Å². The number of hydrogen-bond donors (Lipinski definition) is 1. The van der Waals surface area contributed by atoms with Gasteiger partial charge < -0.3 is 10.1 Å². The van der Waals surface area contributed by atoms with E-state index in [-0.39, 0.29) is 0 Å². The van der Waals surface area contributed by atoms with Gasteiger partial charge in [-0.05, 0) is 55.5 Å². The Morgan fingerprint density at radius 2 is 1.85 bits per heavy atom. The third-order valence-corrected chi connectivity index (χ3v) is 3.93. The fourth-order valence-electron chi connectivity index (χ4n) is 2.17. The predicted molar refractivity (Wildman–Crippen MR) is 90.4 cm³/mol. The van der Waals surface area contributed by atoms with Crippen LogP contribution in [0.25, 0.3) is 0 Å². The maximum Gasteiger partial charge on any atom is 0.119 e. The van der Waals surface area contributed by atoms with Crippen molar-refractivity contribution in [3.05, 3.63) is 28.7 Å². The Balaban J connectivity index is 2.31. The lowest BCUT2D eigenvalue weighted by Crippen LogP contribution is -2.40. The summed E-state index contributed by atoms with van der Waals surface area (Å²) >= 11 is 3.43. The average molecular weight is 342 g/mol. The second-order valence-electron chi connectivity index (χ2n) is 6.32. The Hall–Kier alpha value is -0.540. The first-order valence-electron chi connectivity index (χ1n) is 7.55. The van der Waals surface area contributed by atoms with E-state index < -0.39 is 0 Å². The van der Waals surface area contributed by atoms with Crippen molar-refractivity contribution in [2.45, 2.75) is 53.0 Å². The van der Waals surface area contributed by atoms with Gasteiger partial charge in [-0.25, -0.2) is 0 Å². The third kappa shape index (κ3) is 6.76. The molecule has 3 heteroatoms. The number of hydrogen-bond acceptors (Lipinski definition) is 2. The fraction of sp³-hybridized carbons (Fsp3) is 0.647. The molecule has 0 heterocycles. The normalized spacial score (nSPS) is 13.2. The number of halogens is 1. The topological polar surface area (TPSA) is 21.3 Å². The molecule has 0 aliphatic rings. The number of benzene rings is 1. The molecule has 1 aromatic rings. The summed E-state index contributed by atoms with van der Waals surface area (Å²) in [5.41, 5.74) is 0.298. The first kappa shape index (κ1) is 17.5. The highest BCUT2D eigenvalue weighted by atomic mass is 79.9. The van der Waals surface area contributed by atoms with Crippen LogP contribution in [0.15, 0.2) is 28.7 Å². The van der Waals surface area contributed by atoms with Gasteiger partial charge in [-0.15, -0.1) is 0 Å². The molecule has 1 aromatic carbocycles. The van der Waals surface area contributed by atoms with Crippen LogP contribution in [0.2, 0.25) is 0 Å². The molecule has 2 nitrogen and oxygen atoms in total. The molecule has 0 bridgehead atoms. The number of nitrogens with one attached hydrogen (secondary N) is 1. The summed E-state index contributed by atoms with van der Waals surface area (Å²) in [6.45, 7) is 11.0. The molecule has 0 saturated carbocycles. The minimum atomic E-state index is 0.298. The molecule has 1 atom stereocenters. The van der Waals surface area contributed by atoms with Crippen LogP contribution in [0, 0.1) is 5.41 Å². The Morgan fingerprint density at radius 1 is 1.20 bits per heavy atom. The lowest BCUT2D eigenvalue weighted by Gasteiger charge is -2.31. The predicted octanol–water partition coefficient (Wildman–Crippen LogP) is 5.02. The second-order valence-corrected chi connectivity index (χ2v) is 7.23. The van der Waals surface area contributed by atoms with E-state index >= 15 is 0 Å². The Labute approximate surface area is 132 Å². The van der Waals surface area contributed by atoms with E-state index in [0.29, 0.717) is 11.5 Å². The zero-order chi connectivity index (χ0) is 15.0. The summed E-state index contributed by atoms with van der Waals surface area (Å²) in [6, 6.07) is 8.57. The highest BCUT2D eigenvalue weighted by molar-refractivity contribution is 9.10. The van der Waals surface area contributed by atoms with Crippen LogP contribution in [0.5, 0.6) is 5.75 Å². The van der Waals surface area contributed by atoms with Gasteiger partial charge in [0.1, 0.15) is 5.75 Å². The highest BCUT2D eigenvalue weighted by Crippen LogP contribution is 2.23. The third-order valence-electron chi connectivity index (χ3n) is 3.41. The van der Waals surface area contributed by atoms with Crippen molar-refractivity contribution < 1.29 is 4.74 Å². The molecular weight excluding hydrogens is 314 g/mol. The van der Waals surface area contributed by atoms with Crippen LogP contribution < -0.4 is 10.1 Å². The van der Waals surface area contributed by atoms with Crippen LogP contribution in [0.1, 0.15) is 47.0 Å². The second kappa shape index (κ2) is 8.68. The van der Waals surface area contributed by atoms with Crippen molar-refractivity contribution in [2.75, 3.05) is 13.2 Å². The minimum absolute atomic E-state index is 0.298. The van der Waals surface area contributed by atoms with Crippen molar-refractivity contribution in [3.63, 3.8) is 0 Å². The van der Waals surface area contributed by atoms with Gasteiger partial charge in [-0.2, -0.15) is 0 Å². The smallest absolute Gasteiger partial charge is 0.119 e. The van der Waals surface area contributed by atoms with Crippen LogP contribution in [0.3, 0.4) is 0 Å². The molecule has 0 amide bonds. The standard InChI is InChI=1S/C17H28BrNO/c1-5-12-19-16(17(2,3)4)7-6-13-20-15-10-8-14(18)9-11-15/h8-11,16,19H,5-7,12-13H2,1-4H3. The number of rotatable bonds is 8. The van der Waals surface area contributed by atoms with Gasteiger partial charge >= 0.3 is 0 Å². The zero-order valence-corrected chi connectivity index (χ0v) is 14.8. The highest BCUT2D eigenvalue weighted by Gasteiger charge is 2.23. The lowest BCUT2D eigenvalue weighted by atomic mass is 9.84. The maximum atomic E-state index is 5.78. The molecule has 0 saturated heterocycles. The molecule has 0 radical (unpaired) electrons. The fourth-order valence-corrected chi connectivity index (χ4v) is 2.43. The summed E-state index contributed by atoms with van der Waals surface area (Å²) < 4.78 is 6.86. The van der Waals surface area contributed by atoms with Gasteiger partial charge in [0, 0.05) is 10.5 Å². The molecule has 1 unspecified atom stereocenters. The largest absolute Gasteiger partial charge is 0.494 e. The molecule has 1 N–H and O–H groups in total. The Morgan fingerprint density at radius 3 is 2.40 bits per heavy atom. The molecule has 0 aromatic heterocycles. The van der Waals surface area contributed by atoms with Crippen molar-refractivity contribution in [2.24, 2.45) is 5.41 Å². The van der Waals surface area contributed by atoms with Gasteiger partial charge in [0.25, 0.3) is 0 Å². The minimum Gasteiger partial charge on any atom is -0.494 e. The van der Waals surface area contributed by atoms with E-state index in [1.165, 1.54) is 6.42 Å². The van der Waals surface area contributed by atoms with Crippen molar-refractivity contribution >= 4 is 15.9 Å². The van der Waals surface area contributed by atoms with E-state index in [1.54, 1.807) is 0 Å². The van der Waals surface area contributed by atoms with Gasteiger partial charge in [0.05, 0.1) is 6.61 Å². The molecule has 114 valence electrons. The van der Waals surface area contributed by atoms with E-state index in [9.17, 15) is 0 Å². The SMILES string of the molecule is CCCNC(CCCOc1ccc(Br)cc1)C(C)(C)C. The van der Waals surface area contributed by atoms with Crippen LogP contribution in [-0.4, -0.2) is 19.2 Å². The van der Waals surface area contributed by atoms with Gasteiger partial charge in [-0.3, -0.25) is 0 Å². The van der Waals surface area contributed by atoms with E-state index in [2.05, 4.69) is 48.9 Å². The summed E-state index contributed by atoms with van der Waals surface area (Å²) in [5, 5.41) is 3.65. The molecule has 0 aliphatic heterocycles. The summed E-state index contributed by atoms with van der Waals surface area (Å²) in [5.74, 6) is 0.946. The quantitative estimate of drug-likeness (QED) is 0.670. The average Bonchev–Trinajstić information content (AvgIpc) is 2.38. The first-order chi connectivity index (χ1) is 9.43. The molecule has 20 heavy (non-hydrogen) atoms. The van der Waals surface area contributed by atoms with Gasteiger partial charge in [-0.1, -0.05) is 43.6 Å². The van der Waals surface area contributed by atoms with Gasteiger partial charge in [0.15, 0.2) is 0 Å². The zero-order valence-electron chi connectivity index (χ0n) is 13.2. The summed E-state index contributed by atoms with van der Waals surface area (Å²) in [7, 11) is 0. The first-order valence-corrected chi connectivity index (χ1v) is 8.34. The molecular formula is C17H28BrNO. The van der Waals surface area contributed by atoms with Crippen LogP contribution >= 0.6 is 15.9 Å². The maximum absolute atomic E-state index is 5.78. The Kier molecular flexibility index (Phi) is 7.60. The van der Waals surface area contributed by atoms with Crippen LogP contribution in [-0.2, 0) is 0 Å². The van der Waals surface area contributed by atoms with Crippen molar-refractivity contribution in [1.29, 1.82) is 0 Å². The molecule has 0 fully saturated rings. The van der Waals surface area contributed by atoms with Crippen LogP contribution in [0.4, 0.5) is 0 Å². The molecule has 1 rings (SSSR count). The number of ether oxygens (including phenoxy) is 1. The Bertz CT molecular complexity index is 370. The van der Waals surface area contributed by atoms with Crippen molar-refractivity contribution in [3.8, 4) is 5.75 Å². The monoisotopic (exact) mass is 341 g/mol. The van der Waals surface area contributed by atoms with E-state index in [1.807, 2.05) is 24.3 Å². The summed E-state index contributed by atoms with van der Waals surface area (Å²) in [4.78, 5) is 0. The summed E-state index contributed by atoms with van der Waals surface area (Å²) in [6.07, 6.45) is 3.41. The van der Waals surface area contributed by atoms with Crippen molar-refractivity contribution in [1.82, 2.24) is 5.32 Å².